The van der Waals surface area contributed by atoms with E-state index in [4.69, 9.17) is 9.47 Å². The van der Waals surface area contributed by atoms with E-state index in [1.54, 1.807) is 4.90 Å². The molecule has 4 rings (SSSR count). The molecule has 1 saturated heterocycles. The molecule has 0 radical (unpaired) electrons. The smallest absolute Gasteiger partial charge is 0.321 e. The van der Waals surface area contributed by atoms with E-state index < -0.39 is 0 Å². The molecule has 0 spiro atoms. The summed E-state index contributed by atoms with van der Waals surface area (Å²) in [6.45, 7) is 1.95. The molecule has 2 heterocycles. The molecule has 2 amide bonds. The zero-order chi connectivity index (χ0) is 14.9. The molecule has 0 atom stereocenters. The van der Waals surface area contributed by atoms with Crippen molar-refractivity contribution in [1.82, 2.24) is 4.90 Å². The van der Waals surface area contributed by atoms with Gasteiger partial charge in [0, 0.05) is 18.8 Å². The van der Waals surface area contributed by atoms with Crippen molar-refractivity contribution in [2.24, 2.45) is 0 Å². The fourth-order valence-corrected chi connectivity index (χ4v) is 2.57. The number of hydrogen-bond donors (Lipinski definition) is 1. The van der Waals surface area contributed by atoms with Gasteiger partial charge >= 0.3 is 6.03 Å². The molecule has 0 saturated carbocycles. The summed E-state index contributed by atoms with van der Waals surface area (Å²) >= 11 is 0. The molecule has 0 aliphatic carbocycles. The highest BCUT2D eigenvalue weighted by Gasteiger charge is 2.20. The second kappa shape index (κ2) is 5.26. The van der Waals surface area contributed by atoms with Crippen molar-refractivity contribution in [3.8, 4) is 22.6 Å². The van der Waals surface area contributed by atoms with Gasteiger partial charge in [-0.15, -0.1) is 0 Å². The summed E-state index contributed by atoms with van der Waals surface area (Å²) in [5, 5.41) is 2.94. The fraction of sp³-hybridized carbons (Fsp3) is 0.235. The van der Waals surface area contributed by atoms with E-state index in [9.17, 15) is 4.79 Å². The van der Waals surface area contributed by atoms with Crippen LogP contribution in [0.25, 0.3) is 11.1 Å². The van der Waals surface area contributed by atoms with Crippen molar-refractivity contribution in [2.45, 2.75) is 6.42 Å². The highest BCUT2D eigenvalue weighted by molar-refractivity contribution is 5.90. The van der Waals surface area contributed by atoms with Gasteiger partial charge in [-0.25, -0.2) is 4.79 Å². The minimum Gasteiger partial charge on any atom is -0.454 e. The van der Waals surface area contributed by atoms with Crippen molar-refractivity contribution in [1.29, 1.82) is 0 Å². The van der Waals surface area contributed by atoms with Gasteiger partial charge in [-0.1, -0.05) is 18.2 Å². The van der Waals surface area contributed by atoms with E-state index in [0.29, 0.717) is 0 Å². The largest absolute Gasteiger partial charge is 0.454 e. The summed E-state index contributed by atoms with van der Waals surface area (Å²) in [5.41, 5.74) is 2.86. The molecule has 0 bridgehead atoms. The van der Waals surface area contributed by atoms with Crippen LogP contribution in [0, 0.1) is 0 Å². The Bertz CT molecular complexity index is 726. The number of fused-ring (bicyclic) bond motifs is 1. The van der Waals surface area contributed by atoms with Gasteiger partial charge in [0.2, 0.25) is 6.79 Å². The van der Waals surface area contributed by atoms with Crippen LogP contribution in [0.2, 0.25) is 0 Å². The summed E-state index contributed by atoms with van der Waals surface area (Å²) in [7, 11) is 0. The Balaban J connectivity index is 1.57. The van der Waals surface area contributed by atoms with Crippen LogP contribution in [0.5, 0.6) is 11.5 Å². The Kier molecular flexibility index (Phi) is 3.11. The second-order valence-corrected chi connectivity index (χ2v) is 5.42. The number of anilines is 1. The predicted molar refractivity (Wildman–Crippen MR) is 83.2 cm³/mol. The summed E-state index contributed by atoms with van der Waals surface area (Å²) in [4.78, 5) is 13.8. The number of carbonyl (C=O) groups excluding carboxylic acids is 1. The number of carbonyl (C=O) groups is 1. The Hall–Kier alpha value is -2.69. The van der Waals surface area contributed by atoms with Crippen molar-refractivity contribution < 1.29 is 14.3 Å². The first-order valence-corrected chi connectivity index (χ1v) is 7.36. The van der Waals surface area contributed by atoms with Crippen molar-refractivity contribution in [2.75, 3.05) is 25.2 Å². The third kappa shape index (κ3) is 2.35. The Morgan fingerprint density at radius 3 is 2.64 bits per heavy atom. The van der Waals surface area contributed by atoms with E-state index in [1.165, 1.54) is 0 Å². The Morgan fingerprint density at radius 2 is 1.82 bits per heavy atom. The number of urea groups is 1. The number of benzene rings is 2. The maximum atomic E-state index is 12.0. The lowest BCUT2D eigenvalue weighted by Gasteiger charge is -2.30. The summed E-state index contributed by atoms with van der Waals surface area (Å²) < 4.78 is 10.7. The number of amides is 2. The molecular formula is C17H16N2O3. The van der Waals surface area contributed by atoms with Gasteiger partial charge in [-0.05, 0) is 41.8 Å². The normalized spacial score (nSPS) is 15.4. The van der Waals surface area contributed by atoms with Crippen LogP contribution in [0.1, 0.15) is 6.42 Å². The van der Waals surface area contributed by atoms with E-state index in [2.05, 4.69) is 5.32 Å². The van der Waals surface area contributed by atoms with Gasteiger partial charge in [-0.3, -0.25) is 0 Å². The maximum absolute atomic E-state index is 12.0. The van der Waals surface area contributed by atoms with Crippen LogP contribution in [0.15, 0.2) is 42.5 Å². The number of hydrogen-bond acceptors (Lipinski definition) is 3. The fourth-order valence-electron chi connectivity index (χ4n) is 2.57. The van der Waals surface area contributed by atoms with Gasteiger partial charge in [-0.2, -0.15) is 0 Å². The van der Waals surface area contributed by atoms with Crippen LogP contribution in [0.4, 0.5) is 10.5 Å². The van der Waals surface area contributed by atoms with Crippen molar-refractivity contribution in [3.63, 3.8) is 0 Å². The van der Waals surface area contributed by atoms with Crippen molar-refractivity contribution in [3.05, 3.63) is 42.5 Å². The van der Waals surface area contributed by atoms with Crippen LogP contribution < -0.4 is 14.8 Å². The van der Waals surface area contributed by atoms with Crippen LogP contribution in [-0.2, 0) is 0 Å². The molecule has 0 unspecified atom stereocenters. The third-order valence-corrected chi connectivity index (χ3v) is 3.96. The lowest BCUT2D eigenvalue weighted by Crippen LogP contribution is -2.44. The first kappa shape index (κ1) is 13.0. The number of likely N-dealkylation sites (tertiary alicyclic amines) is 1. The van der Waals surface area contributed by atoms with Gasteiger partial charge in [0.15, 0.2) is 11.5 Å². The summed E-state index contributed by atoms with van der Waals surface area (Å²) in [6.07, 6.45) is 1.09. The van der Waals surface area contributed by atoms with Crippen LogP contribution in [-0.4, -0.2) is 30.8 Å². The zero-order valence-corrected chi connectivity index (χ0v) is 12.0. The van der Waals surface area contributed by atoms with E-state index in [-0.39, 0.29) is 12.8 Å². The molecule has 0 aromatic heterocycles. The SMILES string of the molecule is O=C(Nc1cccc(-c2ccc3c(c2)OCO3)c1)N1CCC1. The van der Waals surface area contributed by atoms with Gasteiger partial charge in [0.05, 0.1) is 0 Å². The lowest BCUT2D eigenvalue weighted by molar-refractivity contribution is 0.174. The standard InChI is InChI=1S/C17H16N2O3/c20-17(19-7-2-8-19)18-14-4-1-3-12(9-14)13-5-6-15-16(10-13)22-11-21-15/h1,3-6,9-10H,2,7-8,11H2,(H,18,20). The summed E-state index contributed by atoms with van der Waals surface area (Å²) in [6, 6.07) is 13.6. The monoisotopic (exact) mass is 296 g/mol. The number of rotatable bonds is 2. The van der Waals surface area contributed by atoms with E-state index in [0.717, 1.165) is 47.8 Å². The topological polar surface area (TPSA) is 50.8 Å². The second-order valence-electron chi connectivity index (χ2n) is 5.42. The van der Waals surface area contributed by atoms with Gasteiger partial charge < -0.3 is 19.7 Å². The predicted octanol–water partition coefficient (Wildman–Crippen LogP) is 3.32. The number of ether oxygens (including phenoxy) is 2. The van der Waals surface area contributed by atoms with E-state index in [1.807, 2.05) is 42.5 Å². The minimum atomic E-state index is -0.0333. The number of nitrogens with zero attached hydrogens (tertiary/aromatic N) is 1. The van der Waals surface area contributed by atoms with Crippen LogP contribution >= 0.6 is 0 Å². The van der Waals surface area contributed by atoms with Gasteiger partial charge in [0.25, 0.3) is 0 Å². The maximum Gasteiger partial charge on any atom is 0.321 e. The Labute approximate surface area is 128 Å². The molecule has 5 nitrogen and oxygen atoms in total. The quantitative estimate of drug-likeness (QED) is 0.925. The highest BCUT2D eigenvalue weighted by atomic mass is 16.7. The first-order valence-electron chi connectivity index (χ1n) is 7.36. The highest BCUT2D eigenvalue weighted by Crippen LogP contribution is 2.36. The minimum absolute atomic E-state index is 0.0333. The molecule has 22 heavy (non-hydrogen) atoms. The van der Waals surface area contributed by atoms with Crippen LogP contribution in [0.3, 0.4) is 0 Å². The van der Waals surface area contributed by atoms with Gasteiger partial charge in [0.1, 0.15) is 0 Å². The summed E-state index contributed by atoms with van der Waals surface area (Å²) in [5.74, 6) is 1.53. The average Bonchev–Trinajstić information content (AvgIpc) is 2.93. The lowest BCUT2D eigenvalue weighted by atomic mass is 10.0. The molecule has 112 valence electrons. The van der Waals surface area contributed by atoms with E-state index >= 15 is 0 Å². The zero-order valence-electron chi connectivity index (χ0n) is 12.0. The molecule has 1 N–H and O–H groups in total. The molecule has 5 heteroatoms. The average molecular weight is 296 g/mol. The van der Waals surface area contributed by atoms with Crippen molar-refractivity contribution >= 4 is 11.7 Å². The first-order chi connectivity index (χ1) is 10.8. The number of nitrogens with one attached hydrogen (secondary N) is 1. The molecule has 2 aliphatic rings. The molecule has 2 aromatic rings. The Morgan fingerprint density at radius 1 is 1.00 bits per heavy atom. The molecule has 2 aromatic carbocycles. The molecular weight excluding hydrogens is 280 g/mol. The third-order valence-electron chi connectivity index (χ3n) is 3.96. The molecule has 2 aliphatic heterocycles. The molecule has 1 fully saturated rings.